The van der Waals surface area contributed by atoms with E-state index in [-0.39, 0.29) is 6.42 Å². The van der Waals surface area contributed by atoms with Crippen molar-refractivity contribution in [3.8, 4) is 0 Å². The Kier molecular flexibility index (Phi) is 6.17. The molecule has 1 aromatic carbocycles. The third-order valence-electron chi connectivity index (χ3n) is 5.22. The molecule has 2 aliphatic heterocycles. The lowest BCUT2D eigenvalue weighted by atomic mass is 9.93. The Morgan fingerprint density at radius 2 is 1.92 bits per heavy atom. The van der Waals surface area contributed by atoms with Gasteiger partial charge in [-0.2, -0.15) is 13.2 Å². The molecule has 1 aromatic rings. The molecule has 2 fully saturated rings. The summed E-state index contributed by atoms with van der Waals surface area (Å²) in [5, 5.41) is 2.68. The van der Waals surface area contributed by atoms with Crippen molar-refractivity contribution in [2.24, 2.45) is 5.92 Å². The van der Waals surface area contributed by atoms with Gasteiger partial charge in [-0.1, -0.05) is 6.07 Å². The van der Waals surface area contributed by atoms with E-state index in [0.29, 0.717) is 18.9 Å². The number of piperidine rings is 1. The van der Waals surface area contributed by atoms with Gasteiger partial charge < -0.3 is 10.2 Å². The number of benzene rings is 1. The van der Waals surface area contributed by atoms with Crippen LogP contribution in [-0.4, -0.2) is 62.6 Å². The molecule has 0 saturated carbocycles. The first kappa shape index (κ1) is 18.9. The smallest absolute Gasteiger partial charge is 0.369 e. The average Bonchev–Trinajstić information content (AvgIpc) is 2.62. The molecule has 3 nitrogen and oxygen atoms in total. The van der Waals surface area contributed by atoms with Crippen LogP contribution in [0.5, 0.6) is 0 Å². The van der Waals surface area contributed by atoms with E-state index in [4.69, 9.17) is 0 Å². The summed E-state index contributed by atoms with van der Waals surface area (Å²) in [6.45, 7) is 5.27. The van der Waals surface area contributed by atoms with Gasteiger partial charge in [0, 0.05) is 43.3 Å². The average molecular weight is 373 g/mol. The molecule has 2 saturated heterocycles. The quantitative estimate of drug-likeness (QED) is 0.815. The number of anilines is 1. The molecule has 140 valence electrons. The standard InChI is InChI=1S/C18H26F3N3S/c1-25-16-4-2-3-15(11-16)24-9-7-23(8-10-24)13-14-5-6-17(22-12-14)18(19,20)21/h2-4,11,14,17,22H,5-10,12-13H2,1H3. The summed E-state index contributed by atoms with van der Waals surface area (Å²) in [6.07, 6.45) is -1.16. The highest BCUT2D eigenvalue weighted by Gasteiger charge is 2.41. The maximum absolute atomic E-state index is 12.7. The molecule has 0 aliphatic carbocycles. The molecular weight excluding hydrogens is 347 g/mol. The largest absolute Gasteiger partial charge is 0.403 e. The second kappa shape index (κ2) is 8.18. The van der Waals surface area contributed by atoms with Crippen LogP contribution < -0.4 is 10.2 Å². The van der Waals surface area contributed by atoms with Gasteiger partial charge in [0.1, 0.15) is 6.04 Å². The van der Waals surface area contributed by atoms with E-state index < -0.39 is 12.2 Å². The number of nitrogens with zero attached hydrogens (tertiary/aromatic N) is 2. The van der Waals surface area contributed by atoms with Crippen LogP contribution in [0.2, 0.25) is 0 Å². The highest BCUT2D eigenvalue weighted by molar-refractivity contribution is 7.98. The first-order valence-electron chi connectivity index (χ1n) is 8.87. The highest BCUT2D eigenvalue weighted by atomic mass is 32.2. The Balaban J connectivity index is 1.44. The van der Waals surface area contributed by atoms with Crippen LogP contribution >= 0.6 is 11.8 Å². The molecule has 7 heteroatoms. The number of thioether (sulfide) groups is 1. The Hall–Kier alpha value is -0.920. The summed E-state index contributed by atoms with van der Waals surface area (Å²) < 4.78 is 38.1. The topological polar surface area (TPSA) is 18.5 Å². The minimum atomic E-state index is -4.11. The van der Waals surface area contributed by atoms with Gasteiger partial charge in [0.25, 0.3) is 0 Å². The number of halogens is 3. The zero-order valence-electron chi connectivity index (χ0n) is 14.6. The molecule has 25 heavy (non-hydrogen) atoms. The second-order valence-electron chi connectivity index (χ2n) is 6.93. The molecule has 2 heterocycles. The maximum Gasteiger partial charge on any atom is 0.403 e. The predicted octanol–water partition coefficient (Wildman–Crippen LogP) is 3.46. The van der Waals surface area contributed by atoms with Crippen molar-refractivity contribution < 1.29 is 13.2 Å². The van der Waals surface area contributed by atoms with Crippen LogP contribution in [0.1, 0.15) is 12.8 Å². The zero-order valence-corrected chi connectivity index (χ0v) is 15.4. The molecule has 2 aliphatic rings. The lowest BCUT2D eigenvalue weighted by molar-refractivity contribution is -0.162. The lowest BCUT2D eigenvalue weighted by Gasteiger charge is -2.39. The third kappa shape index (κ3) is 5.05. The van der Waals surface area contributed by atoms with Gasteiger partial charge in [-0.3, -0.25) is 4.90 Å². The predicted molar refractivity (Wildman–Crippen MR) is 97.4 cm³/mol. The highest BCUT2D eigenvalue weighted by Crippen LogP contribution is 2.28. The normalized spacial score (nSPS) is 26.0. The summed E-state index contributed by atoms with van der Waals surface area (Å²) in [5.74, 6) is 0.324. The monoisotopic (exact) mass is 373 g/mol. The molecule has 1 N–H and O–H groups in total. The van der Waals surface area contributed by atoms with Gasteiger partial charge in [0.2, 0.25) is 0 Å². The minimum Gasteiger partial charge on any atom is -0.369 e. The van der Waals surface area contributed by atoms with Crippen molar-refractivity contribution in [3.63, 3.8) is 0 Å². The van der Waals surface area contributed by atoms with Crippen LogP contribution in [0.4, 0.5) is 18.9 Å². The van der Waals surface area contributed by atoms with Crippen LogP contribution in [0.25, 0.3) is 0 Å². The third-order valence-corrected chi connectivity index (χ3v) is 5.94. The molecule has 2 unspecified atom stereocenters. The molecule has 2 atom stereocenters. The van der Waals surface area contributed by atoms with Gasteiger partial charge in [-0.15, -0.1) is 11.8 Å². The summed E-state index contributed by atoms with van der Waals surface area (Å²) >= 11 is 1.75. The van der Waals surface area contributed by atoms with Crippen LogP contribution in [-0.2, 0) is 0 Å². The molecule has 0 spiro atoms. The van der Waals surface area contributed by atoms with Crippen LogP contribution in [0, 0.1) is 5.92 Å². The molecule has 0 bridgehead atoms. The first-order valence-corrected chi connectivity index (χ1v) is 10.1. The summed E-state index contributed by atoms with van der Waals surface area (Å²) in [6, 6.07) is 7.28. The maximum atomic E-state index is 12.7. The fourth-order valence-electron chi connectivity index (χ4n) is 3.71. The van der Waals surface area contributed by atoms with E-state index in [9.17, 15) is 13.2 Å². The zero-order chi connectivity index (χ0) is 17.9. The van der Waals surface area contributed by atoms with E-state index in [2.05, 4.69) is 45.6 Å². The van der Waals surface area contributed by atoms with Gasteiger partial charge in [-0.05, 0) is 49.8 Å². The van der Waals surface area contributed by atoms with Crippen molar-refractivity contribution in [3.05, 3.63) is 24.3 Å². The van der Waals surface area contributed by atoms with E-state index in [0.717, 1.165) is 32.7 Å². The number of rotatable bonds is 4. The first-order chi connectivity index (χ1) is 12.0. The Morgan fingerprint density at radius 1 is 1.16 bits per heavy atom. The van der Waals surface area contributed by atoms with Gasteiger partial charge >= 0.3 is 6.18 Å². The summed E-state index contributed by atoms with van der Waals surface area (Å²) in [4.78, 5) is 6.07. The van der Waals surface area contributed by atoms with Crippen molar-refractivity contribution >= 4 is 17.4 Å². The molecular formula is C18H26F3N3S. The fraction of sp³-hybridized carbons (Fsp3) is 0.667. The SMILES string of the molecule is CSc1cccc(N2CCN(CC3CCC(C(F)(F)F)NC3)CC2)c1. The van der Waals surface area contributed by atoms with E-state index in [1.165, 1.54) is 10.6 Å². The number of alkyl halides is 3. The molecule has 0 radical (unpaired) electrons. The molecule has 0 aromatic heterocycles. The number of hydrogen-bond acceptors (Lipinski definition) is 4. The molecule has 3 rings (SSSR count). The van der Waals surface area contributed by atoms with E-state index in [1.54, 1.807) is 11.8 Å². The molecule has 0 amide bonds. The van der Waals surface area contributed by atoms with Crippen molar-refractivity contribution in [1.29, 1.82) is 0 Å². The second-order valence-corrected chi connectivity index (χ2v) is 7.81. The number of nitrogens with one attached hydrogen (secondary N) is 1. The van der Waals surface area contributed by atoms with Crippen LogP contribution in [0.3, 0.4) is 0 Å². The van der Waals surface area contributed by atoms with Crippen molar-refractivity contribution in [2.45, 2.75) is 30.0 Å². The van der Waals surface area contributed by atoms with Gasteiger partial charge in [0.05, 0.1) is 0 Å². The van der Waals surface area contributed by atoms with Crippen molar-refractivity contribution in [2.75, 3.05) is 50.4 Å². The van der Waals surface area contributed by atoms with Crippen LogP contribution in [0.15, 0.2) is 29.2 Å². The lowest BCUT2D eigenvalue weighted by Crippen LogP contribution is -2.52. The summed E-state index contributed by atoms with van der Waals surface area (Å²) in [5.41, 5.74) is 1.26. The van der Waals surface area contributed by atoms with E-state index in [1.807, 2.05) is 0 Å². The Bertz CT molecular complexity index is 551. The summed E-state index contributed by atoms with van der Waals surface area (Å²) in [7, 11) is 0. The number of piperazine rings is 1. The minimum absolute atomic E-state index is 0.204. The number of hydrogen-bond donors (Lipinski definition) is 1. The van der Waals surface area contributed by atoms with Gasteiger partial charge in [0.15, 0.2) is 0 Å². The Labute approximate surface area is 151 Å². The van der Waals surface area contributed by atoms with Gasteiger partial charge in [-0.25, -0.2) is 0 Å². The van der Waals surface area contributed by atoms with Crippen molar-refractivity contribution in [1.82, 2.24) is 10.2 Å². The Morgan fingerprint density at radius 3 is 2.52 bits per heavy atom. The van der Waals surface area contributed by atoms with E-state index >= 15 is 0 Å². The fourth-order valence-corrected chi connectivity index (χ4v) is 4.16.